The number of benzene rings is 1. The van der Waals surface area contributed by atoms with Gasteiger partial charge in [0.25, 0.3) is 0 Å². The van der Waals surface area contributed by atoms with E-state index >= 15 is 0 Å². The van der Waals surface area contributed by atoms with Gasteiger partial charge in [0, 0.05) is 49.7 Å². The smallest absolute Gasteiger partial charge is 0.125 e. The maximum atomic E-state index is 10.6. The van der Waals surface area contributed by atoms with Gasteiger partial charge in [0.05, 0.1) is 20.3 Å². The number of β-amino-alcohol motifs (C(OH)–C–C–N with tert-alkyl or cyclic N) is 1. The van der Waals surface area contributed by atoms with E-state index in [9.17, 15) is 5.11 Å². The van der Waals surface area contributed by atoms with Gasteiger partial charge in [-0.05, 0) is 25.5 Å². The fourth-order valence-corrected chi connectivity index (χ4v) is 3.42. The van der Waals surface area contributed by atoms with E-state index < -0.39 is 6.10 Å². The van der Waals surface area contributed by atoms with Gasteiger partial charge in [-0.2, -0.15) is 0 Å². The van der Waals surface area contributed by atoms with Gasteiger partial charge in [0.15, 0.2) is 0 Å². The summed E-state index contributed by atoms with van der Waals surface area (Å²) in [6, 6.07) is 3.76. The Morgan fingerprint density at radius 1 is 1.21 bits per heavy atom. The van der Waals surface area contributed by atoms with Crippen molar-refractivity contribution in [2.24, 2.45) is 0 Å². The molecule has 1 N–H and O–H groups in total. The Bertz CT molecular complexity index is 699. The molecule has 1 atom stereocenters. The zero-order valence-corrected chi connectivity index (χ0v) is 14.5. The van der Waals surface area contributed by atoms with Gasteiger partial charge >= 0.3 is 0 Å². The highest BCUT2D eigenvalue weighted by Crippen LogP contribution is 2.39. The van der Waals surface area contributed by atoms with Crippen molar-refractivity contribution in [1.82, 2.24) is 14.5 Å². The van der Waals surface area contributed by atoms with Gasteiger partial charge in [0.1, 0.15) is 17.3 Å². The second-order valence-electron chi connectivity index (χ2n) is 6.13. The average Bonchev–Trinajstić information content (AvgIpc) is 2.99. The van der Waals surface area contributed by atoms with E-state index in [4.69, 9.17) is 9.47 Å². The molecule has 0 spiro atoms. The van der Waals surface area contributed by atoms with E-state index in [0.717, 1.165) is 54.5 Å². The topological polar surface area (TPSA) is 59.8 Å². The quantitative estimate of drug-likeness (QED) is 0.879. The van der Waals surface area contributed by atoms with Crippen LogP contribution in [-0.2, 0) is 13.1 Å². The number of aromatic nitrogens is 2. The highest BCUT2D eigenvalue weighted by Gasteiger charge is 2.29. The van der Waals surface area contributed by atoms with E-state index in [1.807, 2.05) is 31.5 Å². The number of fused-ring (bicyclic) bond motifs is 1. The molecule has 3 rings (SSSR count). The summed E-state index contributed by atoms with van der Waals surface area (Å²) in [6.45, 7) is 5.22. The fourth-order valence-electron chi connectivity index (χ4n) is 3.42. The van der Waals surface area contributed by atoms with Crippen LogP contribution in [0.2, 0.25) is 0 Å². The van der Waals surface area contributed by atoms with Crippen LogP contribution in [0.1, 0.15) is 29.5 Å². The maximum Gasteiger partial charge on any atom is 0.125 e. The number of methoxy groups -OCH3 is 2. The van der Waals surface area contributed by atoms with Crippen LogP contribution in [0.4, 0.5) is 0 Å². The molecule has 0 unspecified atom stereocenters. The predicted molar refractivity (Wildman–Crippen MR) is 91.4 cm³/mol. The Labute approximate surface area is 142 Å². The van der Waals surface area contributed by atoms with Crippen LogP contribution in [0.15, 0.2) is 24.5 Å². The Morgan fingerprint density at radius 2 is 1.96 bits per heavy atom. The number of aliphatic hydroxyl groups excluding tert-OH is 1. The zero-order valence-electron chi connectivity index (χ0n) is 14.5. The van der Waals surface area contributed by atoms with E-state index in [1.54, 1.807) is 14.2 Å². The van der Waals surface area contributed by atoms with Gasteiger partial charge in [-0.3, -0.25) is 4.90 Å². The third-order valence-corrected chi connectivity index (χ3v) is 4.66. The van der Waals surface area contributed by atoms with Gasteiger partial charge < -0.3 is 19.1 Å². The molecular weight excluding hydrogens is 306 g/mol. The highest BCUT2D eigenvalue weighted by atomic mass is 16.5. The van der Waals surface area contributed by atoms with Gasteiger partial charge in [-0.15, -0.1) is 0 Å². The first kappa shape index (κ1) is 16.8. The van der Waals surface area contributed by atoms with Crippen molar-refractivity contribution in [3.05, 3.63) is 41.5 Å². The minimum absolute atomic E-state index is 0.561. The van der Waals surface area contributed by atoms with Gasteiger partial charge in [0.2, 0.25) is 0 Å². The largest absolute Gasteiger partial charge is 0.496 e. The number of aryl methyl sites for hydroxylation is 2. The van der Waals surface area contributed by atoms with E-state index in [-0.39, 0.29) is 0 Å². The Balaban J connectivity index is 1.70. The van der Waals surface area contributed by atoms with Gasteiger partial charge in [-0.25, -0.2) is 4.98 Å². The minimum Gasteiger partial charge on any atom is -0.496 e. The summed E-state index contributed by atoms with van der Waals surface area (Å²) in [5.74, 6) is 2.57. The number of nitrogens with zero attached hydrogens (tertiary/aromatic N) is 3. The van der Waals surface area contributed by atoms with E-state index in [1.165, 1.54) is 0 Å². The average molecular weight is 331 g/mol. The molecule has 6 nitrogen and oxygen atoms in total. The lowest BCUT2D eigenvalue weighted by atomic mass is 9.95. The minimum atomic E-state index is -0.561. The zero-order chi connectivity index (χ0) is 17.1. The second kappa shape index (κ2) is 7.23. The summed E-state index contributed by atoms with van der Waals surface area (Å²) in [7, 11) is 3.30. The Hall–Kier alpha value is -2.05. The SMILES string of the molecule is COc1ccc(OC)c2c1CN(CCCn1ccnc1C)C[C@H]2O. The molecule has 2 aromatic rings. The van der Waals surface area contributed by atoms with Crippen LogP contribution in [0.3, 0.4) is 0 Å². The molecule has 6 heteroatoms. The molecule has 130 valence electrons. The molecule has 24 heavy (non-hydrogen) atoms. The second-order valence-corrected chi connectivity index (χ2v) is 6.13. The van der Waals surface area contributed by atoms with Crippen molar-refractivity contribution in [3.63, 3.8) is 0 Å². The molecule has 0 aliphatic carbocycles. The summed E-state index contributed by atoms with van der Waals surface area (Å²) in [4.78, 5) is 6.51. The Morgan fingerprint density at radius 3 is 2.62 bits per heavy atom. The summed E-state index contributed by atoms with van der Waals surface area (Å²) in [5.41, 5.74) is 1.88. The normalized spacial score (nSPS) is 17.6. The first-order chi connectivity index (χ1) is 11.6. The molecule has 0 amide bonds. The molecule has 0 saturated heterocycles. The van der Waals surface area contributed by atoms with Crippen LogP contribution < -0.4 is 9.47 Å². The lowest BCUT2D eigenvalue weighted by molar-refractivity contribution is 0.0870. The lowest BCUT2D eigenvalue weighted by Gasteiger charge is -2.34. The van der Waals surface area contributed by atoms with Crippen molar-refractivity contribution in [2.75, 3.05) is 27.3 Å². The third-order valence-electron chi connectivity index (χ3n) is 4.66. The van der Waals surface area contributed by atoms with Crippen LogP contribution >= 0.6 is 0 Å². The number of imidazole rings is 1. The summed E-state index contributed by atoms with van der Waals surface area (Å²) >= 11 is 0. The number of aliphatic hydroxyl groups is 1. The lowest BCUT2D eigenvalue weighted by Crippen LogP contribution is -2.35. The van der Waals surface area contributed by atoms with Crippen molar-refractivity contribution < 1.29 is 14.6 Å². The molecule has 0 radical (unpaired) electrons. The maximum absolute atomic E-state index is 10.6. The number of ether oxygens (including phenoxy) is 2. The molecule has 1 aromatic carbocycles. The monoisotopic (exact) mass is 331 g/mol. The number of hydrogen-bond acceptors (Lipinski definition) is 5. The molecule has 0 saturated carbocycles. The fraction of sp³-hybridized carbons (Fsp3) is 0.500. The van der Waals surface area contributed by atoms with Crippen molar-refractivity contribution in [1.29, 1.82) is 0 Å². The highest BCUT2D eigenvalue weighted by molar-refractivity contribution is 5.51. The number of rotatable bonds is 6. The van der Waals surface area contributed by atoms with E-state index in [2.05, 4.69) is 14.5 Å². The molecule has 1 aliphatic rings. The van der Waals surface area contributed by atoms with Crippen molar-refractivity contribution >= 4 is 0 Å². The molecule has 2 heterocycles. The van der Waals surface area contributed by atoms with Crippen LogP contribution in [0.5, 0.6) is 11.5 Å². The molecule has 0 fully saturated rings. The first-order valence-corrected chi connectivity index (χ1v) is 8.26. The van der Waals surface area contributed by atoms with E-state index in [0.29, 0.717) is 6.54 Å². The van der Waals surface area contributed by atoms with Gasteiger partial charge in [-0.1, -0.05) is 0 Å². The molecule has 1 aromatic heterocycles. The summed E-state index contributed by atoms with van der Waals surface area (Å²) in [5, 5.41) is 10.6. The standard InChI is InChI=1S/C18H25N3O3/c1-13-19-7-10-21(13)9-4-8-20-11-14-16(23-2)5-6-17(24-3)18(14)15(22)12-20/h5-7,10,15,22H,4,8-9,11-12H2,1-3H3/t15-/m1/s1. The summed E-state index contributed by atoms with van der Waals surface area (Å²) in [6.07, 6.45) is 4.27. The first-order valence-electron chi connectivity index (χ1n) is 8.26. The molecule has 1 aliphatic heterocycles. The Kier molecular flexibility index (Phi) is 5.06. The van der Waals surface area contributed by atoms with Crippen molar-refractivity contribution in [3.8, 4) is 11.5 Å². The predicted octanol–water partition coefficient (Wildman–Crippen LogP) is 2.15. The van der Waals surface area contributed by atoms with Crippen LogP contribution in [0, 0.1) is 6.92 Å². The van der Waals surface area contributed by atoms with Crippen molar-refractivity contribution in [2.45, 2.75) is 32.5 Å². The molecule has 0 bridgehead atoms. The third kappa shape index (κ3) is 3.25. The number of hydrogen-bond donors (Lipinski definition) is 1. The van der Waals surface area contributed by atoms with Crippen LogP contribution in [-0.4, -0.2) is 46.9 Å². The summed E-state index contributed by atoms with van der Waals surface area (Å²) < 4.78 is 13.0. The van der Waals surface area contributed by atoms with Crippen LogP contribution in [0.25, 0.3) is 0 Å². The molecular formula is C18H25N3O3.